The predicted octanol–water partition coefficient (Wildman–Crippen LogP) is 6.89. The maximum absolute atomic E-state index is 13.2. The normalized spacial score (nSPS) is 11.4. The minimum Gasteiger partial charge on any atom is -0.439 e. The minimum absolute atomic E-state index is 0.0614. The van der Waals surface area contributed by atoms with Crippen molar-refractivity contribution < 1.29 is 17.9 Å². The third kappa shape index (κ3) is 5.51. The molecule has 3 nitrogen and oxygen atoms in total. The van der Waals surface area contributed by atoms with E-state index in [1.807, 2.05) is 0 Å². The Labute approximate surface area is 167 Å². The van der Waals surface area contributed by atoms with E-state index in [0.29, 0.717) is 21.5 Å². The second kappa shape index (κ2) is 8.37. The number of nitrogens with zero attached hydrogens (tertiary/aromatic N) is 2. The van der Waals surface area contributed by atoms with Gasteiger partial charge in [0.05, 0.1) is 0 Å². The average molecular weight is 431 g/mol. The molecule has 3 rings (SSSR count). The van der Waals surface area contributed by atoms with Gasteiger partial charge in [0.25, 0.3) is 0 Å². The molecule has 0 fully saturated rings. The van der Waals surface area contributed by atoms with Crippen LogP contribution in [0.1, 0.15) is 11.3 Å². The van der Waals surface area contributed by atoms with Gasteiger partial charge < -0.3 is 4.74 Å². The number of hydrogen-bond acceptors (Lipinski definition) is 4. The molecule has 0 bridgehead atoms. The first kappa shape index (κ1) is 19.8. The summed E-state index contributed by atoms with van der Waals surface area (Å²) in [6.45, 7) is 0. The van der Waals surface area contributed by atoms with Crippen molar-refractivity contribution in [3.05, 3.63) is 75.9 Å². The van der Waals surface area contributed by atoms with Gasteiger partial charge in [0.15, 0.2) is 10.9 Å². The molecule has 140 valence electrons. The highest BCUT2D eigenvalue weighted by Crippen LogP contribution is 2.33. The molecule has 9 heteroatoms. The summed E-state index contributed by atoms with van der Waals surface area (Å²) in [6, 6.07) is 14.0. The van der Waals surface area contributed by atoms with Crippen LogP contribution in [0, 0.1) is 0 Å². The van der Waals surface area contributed by atoms with E-state index in [0.717, 1.165) is 23.4 Å². The largest absolute Gasteiger partial charge is 0.439 e. The fourth-order valence-corrected chi connectivity index (χ4v) is 3.31. The van der Waals surface area contributed by atoms with Crippen LogP contribution in [0.4, 0.5) is 13.2 Å². The van der Waals surface area contributed by atoms with Gasteiger partial charge in [0.1, 0.15) is 5.75 Å². The standard InChI is InChI=1S/C18H11Cl2F3N2OS/c19-12-5-7-13(8-6-12)26-16-9-15(18(21,22)23)24-17(25-16)27-10-11-3-1-2-4-14(11)20/h1-9H,10H2. The van der Waals surface area contributed by atoms with E-state index in [1.165, 1.54) is 12.1 Å². The lowest BCUT2D eigenvalue weighted by molar-refractivity contribution is -0.141. The summed E-state index contributed by atoms with van der Waals surface area (Å²) < 4.78 is 45.0. The molecule has 0 aliphatic carbocycles. The molecule has 0 N–H and O–H groups in total. The molecule has 0 spiro atoms. The van der Waals surface area contributed by atoms with Gasteiger partial charge >= 0.3 is 6.18 Å². The quantitative estimate of drug-likeness (QED) is 0.326. The maximum Gasteiger partial charge on any atom is 0.433 e. The lowest BCUT2D eigenvalue weighted by atomic mass is 10.2. The number of aromatic nitrogens is 2. The van der Waals surface area contributed by atoms with Gasteiger partial charge in [0, 0.05) is 21.9 Å². The van der Waals surface area contributed by atoms with E-state index in [1.54, 1.807) is 36.4 Å². The molecular weight excluding hydrogens is 420 g/mol. The first-order valence-electron chi connectivity index (χ1n) is 7.57. The Morgan fingerprint density at radius 3 is 2.33 bits per heavy atom. The molecule has 0 aliphatic heterocycles. The summed E-state index contributed by atoms with van der Waals surface area (Å²) in [7, 11) is 0. The molecule has 27 heavy (non-hydrogen) atoms. The number of alkyl halides is 3. The topological polar surface area (TPSA) is 35.0 Å². The highest BCUT2D eigenvalue weighted by molar-refractivity contribution is 7.98. The zero-order chi connectivity index (χ0) is 19.4. The van der Waals surface area contributed by atoms with Crippen molar-refractivity contribution in [2.75, 3.05) is 0 Å². The molecular formula is C18H11Cl2F3N2OS. The second-order valence-electron chi connectivity index (χ2n) is 5.31. The average Bonchev–Trinajstić information content (AvgIpc) is 2.62. The molecule has 0 unspecified atom stereocenters. The predicted molar refractivity (Wildman–Crippen MR) is 99.6 cm³/mol. The Morgan fingerprint density at radius 1 is 0.963 bits per heavy atom. The van der Waals surface area contributed by atoms with Crippen LogP contribution >= 0.6 is 35.0 Å². The van der Waals surface area contributed by atoms with Gasteiger partial charge in [-0.3, -0.25) is 0 Å². The van der Waals surface area contributed by atoms with E-state index in [4.69, 9.17) is 27.9 Å². The van der Waals surface area contributed by atoms with Crippen LogP contribution in [0.15, 0.2) is 59.8 Å². The summed E-state index contributed by atoms with van der Waals surface area (Å²) in [4.78, 5) is 7.65. The number of thioether (sulfide) groups is 1. The Kier molecular flexibility index (Phi) is 6.14. The van der Waals surface area contributed by atoms with E-state index >= 15 is 0 Å². The van der Waals surface area contributed by atoms with Crippen LogP contribution in [-0.4, -0.2) is 9.97 Å². The highest BCUT2D eigenvalue weighted by atomic mass is 35.5. The van der Waals surface area contributed by atoms with Gasteiger partial charge in [-0.1, -0.05) is 53.2 Å². The van der Waals surface area contributed by atoms with E-state index in [2.05, 4.69) is 9.97 Å². The van der Waals surface area contributed by atoms with Crippen molar-refractivity contribution in [1.82, 2.24) is 9.97 Å². The van der Waals surface area contributed by atoms with Crippen molar-refractivity contribution in [1.29, 1.82) is 0 Å². The second-order valence-corrected chi connectivity index (χ2v) is 7.09. The van der Waals surface area contributed by atoms with Crippen LogP contribution in [0.3, 0.4) is 0 Å². The molecule has 1 aromatic heterocycles. The molecule has 0 radical (unpaired) electrons. The van der Waals surface area contributed by atoms with Gasteiger partial charge in [-0.25, -0.2) is 4.98 Å². The van der Waals surface area contributed by atoms with Crippen LogP contribution < -0.4 is 4.74 Å². The van der Waals surface area contributed by atoms with Crippen molar-refractivity contribution >= 4 is 35.0 Å². The fourth-order valence-electron chi connectivity index (χ4n) is 2.05. The molecule has 0 aliphatic rings. The highest BCUT2D eigenvalue weighted by Gasteiger charge is 2.34. The van der Waals surface area contributed by atoms with Crippen molar-refractivity contribution in [2.24, 2.45) is 0 Å². The van der Waals surface area contributed by atoms with E-state index in [9.17, 15) is 13.2 Å². The molecule has 2 aromatic carbocycles. The lowest BCUT2D eigenvalue weighted by Gasteiger charge is -2.11. The number of halogens is 5. The molecule has 3 aromatic rings. The number of benzene rings is 2. The third-order valence-electron chi connectivity index (χ3n) is 3.32. The zero-order valence-electron chi connectivity index (χ0n) is 13.5. The molecule has 1 heterocycles. The van der Waals surface area contributed by atoms with Crippen molar-refractivity contribution in [3.63, 3.8) is 0 Å². The van der Waals surface area contributed by atoms with E-state index in [-0.39, 0.29) is 11.0 Å². The number of rotatable bonds is 5. The summed E-state index contributed by atoms with van der Waals surface area (Å²) >= 11 is 12.9. The van der Waals surface area contributed by atoms with Crippen LogP contribution in [0.5, 0.6) is 11.6 Å². The maximum atomic E-state index is 13.2. The Balaban J connectivity index is 1.86. The number of hydrogen-bond donors (Lipinski definition) is 0. The van der Waals surface area contributed by atoms with Crippen LogP contribution in [0.25, 0.3) is 0 Å². The van der Waals surface area contributed by atoms with Gasteiger partial charge in [0.2, 0.25) is 5.88 Å². The Morgan fingerprint density at radius 2 is 1.67 bits per heavy atom. The molecule has 0 amide bonds. The smallest absolute Gasteiger partial charge is 0.433 e. The zero-order valence-corrected chi connectivity index (χ0v) is 15.8. The molecule has 0 saturated heterocycles. The summed E-state index contributed by atoms with van der Waals surface area (Å²) in [6.07, 6.45) is -4.62. The van der Waals surface area contributed by atoms with Gasteiger partial charge in [-0.2, -0.15) is 18.2 Å². The first-order valence-corrected chi connectivity index (χ1v) is 9.31. The molecule has 0 saturated carbocycles. The van der Waals surface area contributed by atoms with Crippen molar-refractivity contribution in [3.8, 4) is 11.6 Å². The van der Waals surface area contributed by atoms with E-state index < -0.39 is 11.9 Å². The SMILES string of the molecule is FC(F)(F)c1cc(Oc2ccc(Cl)cc2)nc(SCc2ccccc2Cl)n1. The minimum atomic E-state index is -4.62. The summed E-state index contributed by atoms with van der Waals surface area (Å²) in [5, 5.41) is 0.945. The van der Waals surface area contributed by atoms with Crippen LogP contribution in [-0.2, 0) is 11.9 Å². The van der Waals surface area contributed by atoms with Crippen LogP contribution in [0.2, 0.25) is 10.0 Å². The summed E-state index contributed by atoms with van der Waals surface area (Å²) in [5.74, 6) is 0.427. The lowest BCUT2D eigenvalue weighted by Crippen LogP contribution is -2.10. The number of ether oxygens (including phenoxy) is 1. The first-order chi connectivity index (χ1) is 12.8. The van der Waals surface area contributed by atoms with Crippen molar-refractivity contribution in [2.45, 2.75) is 17.1 Å². The van der Waals surface area contributed by atoms with Gasteiger partial charge in [-0.15, -0.1) is 0 Å². The Hall–Kier alpha value is -1.96. The summed E-state index contributed by atoms with van der Waals surface area (Å²) in [5.41, 5.74) is -0.312. The molecule has 0 atom stereocenters. The monoisotopic (exact) mass is 430 g/mol. The Bertz CT molecular complexity index is 937. The fraction of sp³-hybridized carbons (Fsp3) is 0.111. The third-order valence-corrected chi connectivity index (χ3v) is 4.84. The van der Waals surface area contributed by atoms with Gasteiger partial charge in [-0.05, 0) is 35.9 Å².